The number of nitrogens with one attached hydrogen (secondary N) is 3. The summed E-state index contributed by atoms with van der Waals surface area (Å²) in [6, 6.07) is 24.7. The van der Waals surface area contributed by atoms with Crippen molar-refractivity contribution in [3.63, 3.8) is 0 Å². The molecule has 0 radical (unpaired) electrons. The number of carbonyl (C=O) groups excluding carboxylic acids is 4. The van der Waals surface area contributed by atoms with E-state index in [2.05, 4.69) is 35.6 Å². The molecular formula is C44H44N8O6. The van der Waals surface area contributed by atoms with Crippen LogP contribution in [0.2, 0.25) is 0 Å². The lowest BCUT2D eigenvalue weighted by Gasteiger charge is -2.28. The molecule has 3 N–H and O–H groups in total. The van der Waals surface area contributed by atoms with Crippen molar-refractivity contribution >= 4 is 35.2 Å². The number of alkyl carbamates (subject to hydrolysis) is 1. The van der Waals surface area contributed by atoms with Crippen LogP contribution < -0.4 is 10.6 Å². The maximum atomic E-state index is 13.9. The second kappa shape index (κ2) is 17.9. The number of ether oxygens (including phenoxy) is 2. The van der Waals surface area contributed by atoms with Crippen LogP contribution in [0.1, 0.15) is 73.1 Å². The van der Waals surface area contributed by atoms with Gasteiger partial charge in [0.15, 0.2) is 0 Å². The zero-order valence-corrected chi connectivity index (χ0v) is 32.4. The molecule has 296 valence electrons. The van der Waals surface area contributed by atoms with Gasteiger partial charge in [0, 0.05) is 30.4 Å². The highest BCUT2D eigenvalue weighted by Gasteiger charge is 2.37. The maximum Gasteiger partial charge on any atom is 0.407 e. The fourth-order valence-corrected chi connectivity index (χ4v) is 7.30. The Balaban J connectivity index is 0.962. The van der Waals surface area contributed by atoms with Gasteiger partial charge >= 0.3 is 12.1 Å². The number of hydrogen-bond acceptors (Lipinski definition) is 10. The van der Waals surface area contributed by atoms with E-state index in [9.17, 15) is 19.2 Å². The van der Waals surface area contributed by atoms with Crippen molar-refractivity contribution in [1.82, 2.24) is 35.5 Å². The summed E-state index contributed by atoms with van der Waals surface area (Å²) >= 11 is 0. The number of aromatic amines is 1. The molecule has 1 saturated heterocycles. The molecule has 0 bridgehead atoms. The first kappa shape index (κ1) is 39.3. The number of imidazole rings is 1. The molecule has 1 fully saturated rings. The minimum atomic E-state index is -0.924. The summed E-state index contributed by atoms with van der Waals surface area (Å²) in [7, 11) is 2.58. The summed E-state index contributed by atoms with van der Waals surface area (Å²) in [5.74, 6) is -0.941. The number of amides is 3. The first-order valence-electron chi connectivity index (χ1n) is 19.1. The molecule has 5 aromatic rings. The lowest BCUT2D eigenvalue weighted by Crippen LogP contribution is -2.45. The zero-order valence-electron chi connectivity index (χ0n) is 32.4. The fourth-order valence-electron chi connectivity index (χ4n) is 7.30. The number of aliphatic imine (C=N–C) groups is 1. The molecular weight excluding hydrogens is 737 g/mol. The monoisotopic (exact) mass is 780 g/mol. The normalized spacial score (nSPS) is 16.4. The highest BCUT2D eigenvalue weighted by atomic mass is 16.5. The summed E-state index contributed by atoms with van der Waals surface area (Å²) in [4.78, 5) is 75.3. The summed E-state index contributed by atoms with van der Waals surface area (Å²) < 4.78 is 9.66. The predicted octanol–water partition coefficient (Wildman–Crippen LogP) is 6.33. The van der Waals surface area contributed by atoms with Crippen molar-refractivity contribution in [3.8, 4) is 22.6 Å². The second-order valence-electron chi connectivity index (χ2n) is 14.1. The number of hydrogen-bond donors (Lipinski definition) is 3. The first-order valence-corrected chi connectivity index (χ1v) is 19.1. The number of esters is 1. The van der Waals surface area contributed by atoms with Gasteiger partial charge in [0.1, 0.15) is 17.6 Å². The Kier molecular flexibility index (Phi) is 12.1. The molecule has 2 aromatic heterocycles. The van der Waals surface area contributed by atoms with Crippen LogP contribution >= 0.6 is 0 Å². The molecule has 14 nitrogen and oxygen atoms in total. The average molecular weight is 781 g/mol. The van der Waals surface area contributed by atoms with Crippen LogP contribution in [0.25, 0.3) is 28.2 Å². The van der Waals surface area contributed by atoms with Gasteiger partial charge in [0.25, 0.3) is 0 Å². The lowest BCUT2D eigenvalue weighted by atomic mass is 9.94. The van der Waals surface area contributed by atoms with E-state index in [1.54, 1.807) is 42.9 Å². The summed E-state index contributed by atoms with van der Waals surface area (Å²) in [6.45, 7) is 2.43. The molecule has 7 rings (SSSR count). The van der Waals surface area contributed by atoms with Gasteiger partial charge < -0.3 is 30.0 Å². The third-order valence-corrected chi connectivity index (χ3v) is 10.5. The highest BCUT2D eigenvalue weighted by molar-refractivity contribution is 6.03. The van der Waals surface area contributed by atoms with Crippen LogP contribution in [0.15, 0.2) is 115 Å². The van der Waals surface area contributed by atoms with Gasteiger partial charge in [0.05, 0.1) is 68.6 Å². The first-order chi connectivity index (χ1) is 28.2. The Morgan fingerprint density at radius 1 is 0.810 bits per heavy atom. The molecule has 2 aliphatic rings. The summed E-state index contributed by atoms with van der Waals surface area (Å²) in [5.41, 5.74) is 7.07. The largest absolute Gasteiger partial charge is 0.469 e. The minimum absolute atomic E-state index is 0.0413. The number of methoxy groups -OCH3 is 2. The number of allylic oxidation sites excluding steroid dienone is 1. The Labute approximate surface area is 335 Å². The summed E-state index contributed by atoms with van der Waals surface area (Å²) in [6.07, 6.45) is 8.29. The van der Waals surface area contributed by atoms with Crippen molar-refractivity contribution in [2.45, 2.75) is 56.7 Å². The van der Waals surface area contributed by atoms with Crippen LogP contribution in [0.5, 0.6) is 0 Å². The van der Waals surface area contributed by atoms with Crippen molar-refractivity contribution in [2.24, 2.45) is 4.99 Å². The molecule has 2 aliphatic heterocycles. The Hall–Kier alpha value is -6.96. The van der Waals surface area contributed by atoms with Crippen molar-refractivity contribution in [2.75, 3.05) is 20.8 Å². The molecule has 14 heteroatoms. The Morgan fingerprint density at radius 3 is 2.16 bits per heavy atom. The smallest absolute Gasteiger partial charge is 0.407 e. The standard InChI is InChI=1S/C44H44N8O6/c1-27(49-42(54)40(51-44(56)58-3)31-13-8-5-9-14-31)34-21-32(23-45-34)28-16-18-30(19-17-28)35-24-47-36(25-46-35)37-26-48-41(50-37)38-15-10-20-52(38)43(55)33(22-39(53)57-2)29-11-6-4-7-12-29/h4-9,11-14,16-19,23-27,33,38,40H,10,15,20-22H2,1-3H3,(H,48,50)(H,49,54)(H,51,56)/t27-,33?,38-,40+/m0/s1. The molecule has 0 aliphatic carbocycles. The van der Waals surface area contributed by atoms with Gasteiger partial charge in [-0.15, -0.1) is 0 Å². The van der Waals surface area contributed by atoms with Crippen molar-refractivity contribution in [3.05, 3.63) is 132 Å². The van der Waals surface area contributed by atoms with Crippen LogP contribution in [0.4, 0.5) is 4.79 Å². The minimum Gasteiger partial charge on any atom is -0.469 e. The number of H-pyrrole nitrogens is 1. The van der Waals surface area contributed by atoms with E-state index >= 15 is 0 Å². The number of aromatic nitrogens is 4. The third-order valence-electron chi connectivity index (χ3n) is 10.5. The maximum absolute atomic E-state index is 13.9. The Morgan fingerprint density at radius 2 is 1.48 bits per heavy atom. The number of benzene rings is 3. The van der Waals surface area contributed by atoms with E-state index in [1.165, 1.54) is 14.2 Å². The average Bonchev–Trinajstić information content (AvgIpc) is 4.07. The SMILES string of the molecule is COC(=O)CC(C(=O)N1CCC[C@H]1c1ncc(-c2cnc(-c3ccc(C4=CN=C([C@H](C)NC(=O)[C@H](NC(=O)OC)c5ccccc5)C4)cc3)cn2)[nH]1)c1ccccc1. The molecule has 3 amide bonds. The van der Waals surface area contributed by atoms with E-state index < -0.39 is 24.0 Å². The Bertz CT molecular complexity index is 2310. The van der Waals surface area contributed by atoms with Gasteiger partial charge in [-0.2, -0.15) is 0 Å². The molecule has 58 heavy (non-hydrogen) atoms. The van der Waals surface area contributed by atoms with Crippen LogP contribution in [0.3, 0.4) is 0 Å². The molecule has 1 unspecified atom stereocenters. The number of nitrogens with zero attached hydrogens (tertiary/aromatic N) is 5. The summed E-state index contributed by atoms with van der Waals surface area (Å²) in [5, 5.41) is 5.59. The van der Waals surface area contributed by atoms with Gasteiger partial charge in [-0.05, 0) is 42.0 Å². The quantitative estimate of drug-likeness (QED) is 0.115. The van der Waals surface area contributed by atoms with E-state index in [-0.39, 0.29) is 30.3 Å². The van der Waals surface area contributed by atoms with Gasteiger partial charge in [-0.3, -0.25) is 29.3 Å². The van der Waals surface area contributed by atoms with E-state index in [0.29, 0.717) is 41.4 Å². The molecule has 4 atom stereocenters. The number of likely N-dealkylation sites (tertiary alicyclic amines) is 1. The van der Waals surface area contributed by atoms with Crippen LogP contribution in [-0.4, -0.2) is 81.2 Å². The van der Waals surface area contributed by atoms with Crippen LogP contribution in [0, 0.1) is 0 Å². The van der Waals surface area contributed by atoms with E-state index in [1.807, 2.05) is 78.7 Å². The highest BCUT2D eigenvalue weighted by Crippen LogP contribution is 2.35. The van der Waals surface area contributed by atoms with Crippen LogP contribution in [-0.2, 0) is 23.9 Å². The number of rotatable bonds is 13. The predicted molar refractivity (Wildman–Crippen MR) is 217 cm³/mol. The van der Waals surface area contributed by atoms with Gasteiger partial charge in [-0.25, -0.2) is 9.78 Å². The fraction of sp³-hybridized carbons (Fsp3) is 0.273. The molecule has 3 aromatic carbocycles. The van der Waals surface area contributed by atoms with E-state index in [4.69, 9.17) is 9.47 Å². The second-order valence-corrected chi connectivity index (χ2v) is 14.1. The topological polar surface area (TPSA) is 181 Å². The molecule has 0 saturated carbocycles. The van der Waals surface area contributed by atoms with Gasteiger partial charge in [-0.1, -0.05) is 84.9 Å². The van der Waals surface area contributed by atoms with E-state index in [0.717, 1.165) is 40.8 Å². The van der Waals surface area contributed by atoms with Gasteiger partial charge in [0.2, 0.25) is 11.8 Å². The van der Waals surface area contributed by atoms with Crippen molar-refractivity contribution in [1.29, 1.82) is 0 Å². The third kappa shape index (κ3) is 8.86. The van der Waals surface area contributed by atoms with Crippen molar-refractivity contribution < 1.29 is 28.7 Å². The zero-order chi connectivity index (χ0) is 40.6. The lowest BCUT2D eigenvalue weighted by molar-refractivity contribution is -0.145. The number of carbonyl (C=O) groups is 4. The molecule has 4 heterocycles. The molecule has 0 spiro atoms.